The summed E-state index contributed by atoms with van der Waals surface area (Å²) in [6, 6.07) is 10.5. The van der Waals surface area contributed by atoms with Gasteiger partial charge in [-0.3, -0.25) is 4.79 Å². The van der Waals surface area contributed by atoms with E-state index >= 15 is 0 Å². The van der Waals surface area contributed by atoms with E-state index < -0.39 is 36.0 Å². The third kappa shape index (κ3) is 17.9. The lowest BCUT2D eigenvalue weighted by molar-refractivity contribution is -0.125. The first-order valence-electron chi connectivity index (χ1n) is 16.3. The number of ether oxygens (including phenoxy) is 2. The number of amides is 3. The van der Waals surface area contributed by atoms with Crippen LogP contribution in [0.25, 0.3) is 0 Å². The predicted molar refractivity (Wildman–Crippen MR) is 181 cm³/mol. The first kappa shape index (κ1) is 40.6. The Morgan fingerprint density at radius 3 is 2.39 bits per heavy atom. The summed E-state index contributed by atoms with van der Waals surface area (Å²) in [6.45, 7) is 15.9. The van der Waals surface area contributed by atoms with E-state index in [4.69, 9.17) is 9.47 Å². The number of carbonyl (C=O) groups excluding carboxylic acids is 3. The standard InChI is InChI=1S/C26H41N3O6.C8H17N3/c1-17(2)14-21(28-24(32)35-26(4,5)6)23(31)27-20-13-12-18(3)29(15-22(20)30)25(33)34-16-19-10-8-7-9-11-19;1-4-9-8-10-6-5-7-11(2)3/h7-11,17-18,20-22,30H,12-16H2,1-6H3,(H,27,31)(H,28,32);4-7H2,1-3H3/t18-,20+,21?,22+;/m1./s1. The minimum atomic E-state index is -0.977. The molecule has 0 saturated carbocycles. The average Bonchev–Trinajstić information content (AvgIpc) is 3.10. The number of benzene rings is 1. The van der Waals surface area contributed by atoms with Crippen LogP contribution in [0.3, 0.4) is 0 Å². The number of nitrogens with zero attached hydrogens (tertiary/aromatic N) is 4. The van der Waals surface area contributed by atoms with Gasteiger partial charge in [0.05, 0.1) is 31.2 Å². The van der Waals surface area contributed by atoms with E-state index in [2.05, 4.69) is 45.6 Å². The van der Waals surface area contributed by atoms with Crippen LogP contribution < -0.4 is 10.6 Å². The molecular weight excluding hydrogens is 588 g/mol. The quantitative estimate of drug-likeness (QED) is 0.220. The fourth-order valence-corrected chi connectivity index (χ4v) is 4.58. The van der Waals surface area contributed by atoms with Gasteiger partial charge in [-0.05, 0) is 92.4 Å². The normalized spacial score (nSPS) is 18.7. The number of aliphatic hydroxyl groups is 1. The molecule has 1 saturated heterocycles. The number of alkyl carbamates (subject to hydrolysis) is 1. The van der Waals surface area contributed by atoms with Gasteiger partial charge in [0.1, 0.15) is 18.2 Å². The van der Waals surface area contributed by atoms with Gasteiger partial charge in [0, 0.05) is 12.6 Å². The molecule has 3 N–H and O–H groups in total. The highest BCUT2D eigenvalue weighted by molar-refractivity contribution is 5.86. The molecule has 1 aromatic carbocycles. The van der Waals surface area contributed by atoms with E-state index in [-0.39, 0.29) is 31.0 Å². The second kappa shape index (κ2) is 21.3. The Kier molecular flexibility index (Phi) is 18.8. The van der Waals surface area contributed by atoms with Gasteiger partial charge < -0.3 is 35.0 Å². The topological polar surface area (TPSA) is 145 Å². The fraction of sp³-hybridized carbons (Fsp3) is 0.706. The molecule has 12 nitrogen and oxygen atoms in total. The molecule has 1 heterocycles. The summed E-state index contributed by atoms with van der Waals surface area (Å²) in [6.07, 6.45) is 0.419. The summed E-state index contributed by atoms with van der Waals surface area (Å²) in [5.74, 6) is -0.240. The number of aliphatic hydroxyl groups excluding tert-OH is 1. The number of likely N-dealkylation sites (tertiary alicyclic amines) is 1. The van der Waals surface area contributed by atoms with E-state index in [1.54, 1.807) is 20.8 Å². The smallest absolute Gasteiger partial charge is 0.410 e. The monoisotopic (exact) mass is 646 g/mol. The van der Waals surface area contributed by atoms with E-state index in [0.29, 0.717) is 19.3 Å². The molecule has 12 heteroatoms. The van der Waals surface area contributed by atoms with Crippen molar-refractivity contribution in [2.45, 2.75) is 111 Å². The molecule has 0 aromatic heterocycles. The van der Waals surface area contributed by atoms with E-state index in [9.17, 15) is 19.5 Å². The van der Waals surface area contributed by atoms with Crippen molar-refractivity contribution in [3.8, 4) is 0 Å². The third-order valence-electron chi connectivity index (χ3n) is 6.93. The van der Waals surface area contributed by atoms with Crippen LogP contribution in [0.4, 0.5) is 9.59 Å². The van der Waals surface area contributed by atoms with Crippen LogP contribution in [0.2, 0.25) is 0 Å². The van der Waals surface area contributed by atoms with Crippen LogP contribution in [-0.2, 0) is 20.9 Å². The van der Waals surface area contributed by atoms with Gasteiger partial charge in [-0.15, -0.1) is 0 Å². The summed E-state index contributed by atoms with van der Waals surface area (Å²) >= 11 is 0. The molecule has 1 aromatic rings. The maximum atomic E-state index is 13.1. The molecule has 1 aliphatic rings. The average molecular weight is 647 g/mol. The van der Waals surface area contributed by atoms with Crippen LogP contribution >= 0.6 is 0 Å². The summed E-state index contributed by atoms with van der Waals surface area (Å²) in [4.78, 5) is 49.6. The van der Waals surface area contributed by atoms with E-state index in [1.807, 2.05) is 58.0 Å². The zero-order chi connectivity index (χ0) is 34.7. The number of hydrogen-bond acceptors (Lipinski definition) is 9. The zero-order valence-corrected chi connectivity index (χ0v) is 29.4. The maximum absolute atomic E-state index is 13.1. The number of rotatable bonds is 12. The van der Waals surface area contributed by atoms with Crippen LogP contribution in [0.1, 0.15) is 79.7 Å². The lowest BCUT2D eigenvalue weighted by Crippen LogP contribution is -2.54. The molecular formula is C34H58N6O6. The summed E-state index contributed by atoms with van der Waals surface area (Å²) in [5, 5.41) is 16.4. The molecule has 1 unspecified atom stereocenters. The molecule has 3 amide bonds. The Labute approximate surface area is 276 Å². The van der Waals surface area contributed by atoms with Crippen molar-refractivity contribution < 1.29 is 29.0 Å². The van der Waals surface area contributed by atoms with Crippen molar-refractivity contribution in [1.29, 1.82) is 0 Å². The number of carbonyl (C=O) groups is 3. The lowest BCUT2D eigenvalue weighted by Gasteiger charge is -2.29. The minimum Gasteiger partial charge on any atom is -0.445 e. The molecule has 4 atom stereocenters. The first-order valence-corrected chi connectivity index (χ1v) is 16.3. The second-order valence-electron chi connectivity index (χ2n) is 13.2. The number of aliphatic imine (C=N–C) groups is 2. The van der Waals surface area contributed by atoms with Crippen LogP contribution in [-0.4, -0.2) is 109 Å². The van der Waals surface area contributed by atoms with E-state index in [1.165, 1.54) is 4.90 Å². The Balaban J connectivity index is 0.000000818. The molecule has 1 aliphatic heterocycles. The second-order valence-corrected chi connectivity index (χ2v) is 13.2. The largest absolute Gasteiger partial charge is 0.445 e. The Morgan fingerprint density at radius 1 is 1.13 bits per heavy atom. The Bertz CT molecular complexity index is 1100. The van der Waals surface area contributed by atoms with Gasteiger partial charge in [-0.2, -0.15) is 0 Å². The third-order valence-corrected chi connectivity index (χ3v) is 6.93. The number of hydrogen-bond donors (Lipinski definition) is 3. The van der Waals surface area contributed by atoms with E-state index in [0.717, 1.165) is 31.6 Å². The minimum absolute atomic E-state index is 0.0358. The lowest BCUT2D eigenvalue weighted by atomic mass is 10.0. The highest BCUT2D eigenvalue weighted by Gasteiger charge is 2.35. The van der Waals surface area contributed by atoms with Crippen molar-refractivity contribution in [3.05, 3.63) is 35.9 Å². The molecule has 2 rings (SSSR count). The highest BCUT2D eigenvalue weighted by Crippen LogP contribution is 2.20. The molecule has 46 heavy (non-hydrogen) atoms. The SMILES string of the molecule is CC(C)CC(NC(=O)OC(C)(C)C)C(=O)N[C@H]1CC[C@@H](C)N(C(=O)OCc2ccccc2)C[C@@H]1O.CCN=C=NCCCN(C)C. The van der Waals surface area contributed by atoms with Gasteiger partial charge in [-0.25, -0.2) is 19.6 Å². The zero-order valence-electron chi connectivity index (χ0n) is 29.4. The van der Waals surface area contributed by atoms with Gasteiger partial charge in [-0.1, -0.05) is 44.2 Å². The van der Waals surface area contributed by atoms with Crippen molar-refractivity contribution in [2.75, 3.05) is 40.3 Å². The Hall–Kier alpha value is -3.47. The first-order chi connectivity index (χ1) is 21.6. The van der Waals surface area contributed by atoms with Gasteiger partial charge in [0.15, 0.2) is 0 Å². The van der Waals surface area contributed by atoms with Gasteiger partial charge in [0.2, 0.25) is 5.91 Å². The molecule has 0 radical (unpaired) electrons. The van der Waals surface area contributed by atoms with Gasteiger partial charge in [0.25, 0.3) is 0 Å². The highest BCUT2D eigenvalue weighted by atomic mass is 16.6. The summed E-state index contributed by atoms with van der Waals surface area (Å²) in [5.41, 5.74) is 0.192. The van der Waals surface area contributed by atoms with Crippen molar-refractivity contribution in [3.63, 3.8) is 0 Å². The van der Waals surface area contributed by atoms with Crippen molar-refractivity contribution in [1.82, 2.24) is 20.4 Å². The predicted octanol–water partition coefficient (Wildman–Crippen LogP) is 4.72. The molecule has 0 aliphatic carbocycles. The van der Waals surface area contributed by atoms with Gasteiger partial charge >= 0.3 is 12.2 Å². The maximum Gasteiger partial charge on any atom is 0.410 e. The summed E-state index contributed by atoms with van der Waals surface area (Å²) < 4.78 is 10.8. The molecule has 260 valence electrons. The summed E-state index contributed by atoms with van der Waals surface area (Å²) in [7, 11) is 4.12. The van der Waals surface area contributed by atoms with Crippen molar-refractivity contribution >= 4 is 24.1 Å². The number of β-amino-alcohol motifs (C(OH)–C–C–N with tert-alkyl or cyclic N) is 1. The molecule has 0 bridgehead atoms. The van der Waals surface area contributed by atoms with Crippen LogP contribution in [0, 0.1) is 5.92 Å². The van der Waals surface area contributed by atoms with Crippen molar-refractivity contribution in [2.24, 2.45) is 15.9 Å². The Morgan fingerprint density at radius 2 is 1.80 bits per heavy atom. The fourth-order valence-electron chi connectivity index (χ4n) is 4.58. The van der Waals surface area contributed by atoms with Crippen LogP contribution in [0.5, 0.6) is 0 Å². The molecule has 0 spiro atoms. The molecule has 1 fully saturated rings. The van der Waals surface area contributed by atoms with Crippen LogP contribution in [0.15, 0.2) is 40.3 Å². The number of nitrogens with one attached hydrogen (secondary N) is 2.